The number of nitrogens with one attached hydrogen (secondary N) is 1. The second-order valence-electron chi connectivity index (χ2n) is 12.5. The summed E-state index contributed by atoms with van der Waals surface area (Å²) >= 11 is 6.54. The van der Waals surface area contributed by atoms with E-state index in [1.54, 1.807) is 23.1 Å². The van der Waals surface area contributed by atoms with Gasteiger partial charge < -0.3 is 24.4 Å². The first-order chi connectivity index (χ1) is 19.8. The number of benzene rings is 1. The zero-order valence-corrected chi connectivity index (χ0v) is 25.6. The molecule has 230 valence electrons. The number of hydrogen-bond donors (Lipinski definition) is 1. The molecule has 1 amide bonds. The van der Waals surface area contributed by atoms with Crippen LogP contribution in [-0.2, 0) is 26.6 Å². The SMILES string of the molecule is CC(C)CCNc1nc(-c2ccc(OCC(=O)N3CCN(C4OC4OC(C)(C)C)CC3)c(Cl)c2)c2c(n1)C(F)(F)CC2. The Morgan fingerprint density at radius 2 is 1.95 bits per heavy atom. The van der Waals surface area contributed by atoms with Crippen LogP contribution in [-0.4, -0.2) is 83.1 Å². The third-order valence-corrected chi connectivity index (χ3v) is 7.83. The Bertz CT molecular complexity index is 1300. The molecule has 0 radical (unpaired) electrons. The van der Waals surface area contributed by atoms with Crippen molar-refractivity contribution < 1.29 is 27.8 Å². The maximum atomic E-state index is 14.7. The van der Waals surface area contributed by atoms with Crippen LogP contribution in [0.3, 0.4) is 0 Å². The van der Waals surface area contributed by atoms with Crippen LogP contribution < -0.4 is 10.1 Å². The van der Waals surface area contributed by atoms with Gasteiger partial charge in [-0.15, -0.1) is 0 Å². The summed E-state index contributed by atoms with van der Waals surface area (Å²) in [5.41, 5.74) is 0.953. The molecule has 2 atom stereocenters. The van der Waals surface area contributed by atoms with Crippen LogP contribution in [0.15, 0.2) is 18.2 Å². The molecule has 0 bridgehead atoms. The first-order valence-corrected chi connectivity index (χ1v) is 15.0. The second kappa shape index (κ2) is 12.2. The maximum absolute atomic E-state index is 14.7. The van der Waals surface area contributed by atoms with E-state index in [4.69, 9.17) is 25.8 Å². The lowest BCUT2D eigenvalue weighted by atomic mass is 10.0. The minimum absolute atomic E-state index is 0.0655. The molecule has 9 nitrogen and oxygen atoms in total. The lowest BCUT2D eigenvalue weighted by Gasteiger charge is -2.34. The standard InChI is InChI=1S/C30H40ClF2N5O4/c1-18(2)9-11-34-28-35-24(20-8-10-30(32,33)25(20)36-28)19-6-7-22(21(31)16-19)40-17-23(39)37-12-14-38(15-13-37)26-27(41-26)42-29(3,4)5/h6-7,16,18,26-27H,8-15,17H2,1-5H3,(H,34,35,36). The van der Waals surface area contributed by atoms with Gasteiger partial charge in [0, 0.05) is 50.3 Å². The molecular weight excluding hydrogens is 568 g/mol. The third kappa shape index (κ3) is 7.30. The number of hydrogen-bond acceptors (Lipinski definition) is 8. The Labute approximate surface area is 250 Å². The number of carbonyl (C=O) groups is 1. The summed E-state index contributed by atoms with van der Waals surface area (Å²) in [7, 11) is 0. The predicted molar refractivity (Wildman–Crippen MR) is 156 cm³/mol. The molecule has 3 aliphatic rings. The van der Waals surface area contributed by atoms with Crippen LogP contribution in [0, 0.1) is 5.92 Å². The van der Waals surface area contributed by atoms with Gasteiger partial charge in [-0.2, -0.15) is 8.78 Å². The van der Waals surface area contributed by atoms with Gasteiger partial charge in [-0.3, -0.25) is 9.69 Å². The van der Waals surface area contributed by atoms with E-state index in [2.05, 4.69) is 34.0 Å². The number of rotatable bonds is 10. The van der Waals surface area contributed by atoms with E-state index in [0.29, 0.717) is 61.2 Å². The number of ether oxygens (including phenoxy) is 3. The molecule has 2 unspecified atom stereocenters. The molecule has 2 saturated heterocycles. The maximum Gasteiger partial charge on any atom is 0.290 e. The summed E-state index contributed by atoms with van der Waals surface area (Å²) in [5.74, 6) is -2.17. The molecule has 0 saturated carbocycles. The molecular formula is C30H40ClF2N5O4. The number of nitrogens with zero attached hydrogens (tertiary/aromatic N) is 4. The molecule has 2 fully saturated rings. The fourth-order valence-corrected chi connectivity index (χ4v) is 5.46. The Kier molecular flexibility index (Phi) is 8.95. The number of halogens is 3. The number of epoxide rings is 1. The third-order valence-electron chi connectivity index (χ3n) is 7.53. The summed E-state index contributed by atoms with van der Waals surface area (Å²) in [4.78, 5) is 25.6. The second-order valence-corrected chi connectivity index (χ2v) is 12.9. The topological polar surface area (TPSA) is 92.4 Å². The largest absolute Gasteiger partial charge is 0.482 e. The van der Waals surface area contributed by atoms with Gasteiger partial charge in [0.15, 0.2) is 19.1 Å². The van der Waals surface area contributed by atoms with E-state index < -0.39 is 5.92 Å². The van der Waals surface area contributed by atoms with E-state index in [9.17, 15) is 13.6 Å². The van der Waals surface area contributed by atoms with E-state index in [0.717, 1.165) is 6.42 Å². The highest BCUT2D eigenvalue weighted by Gasteiger charge is 2.48. The predicted octanol–water partition coefficient (Wildman–Crippen LogP) is 5.31. The fraction of sp³-hybridized carbons (Fsp3) is 0.633. The van der Waals surface area contributed by atoms with Gasteiger partial charge in [0.05, 0.1) is 16.3 Å². The lowest BCUT2D eigenvalue weighted by molar-refractivity contribution is -0.135. The van der Waals surface area contributed by atoms with Crippen LogP contribution in [0.4, 0.5) is 14.7 Å². The van der Waals surface area contributed by atoms with Gasteiger partial charge in [-0.1, -0.05) is 25.4 Å². The number of anilines is 1. The first-order valence-electron chi connectivity index (χ1n) is 14.6. The van der Waals surface area contributed by atoms with Crippen molar-refractivity contribution in [2.75, 3.05) is 44.6 Å². The minimum atomic E-state index is -3.01. The average Bonchev–Trinajstić information content (AvgIpc) is 3.60. The van der Waals surface area contributed by atoms with Crippen molar-refractivity contribution in [2.24, 2.45) is 5.92 Å². The van der Waals surface area contributed by atoms with E-state index in [1.807, 2.05) is 20.8 Å². The summed E-state index contributed by atoms with van der Waals surface area (Å²) in [5, 5.41) is 3.37. The Morgan fingerprint density at radius 1 is 1.21 bits per heavy atom. The van der Waals surface area contributed by atoms with Gasteiger partial charge >= 0.3 is 0 Å². The summed E-state index contributed by atoms with van der Waals surface area (Å²) in [6.45, 7) is 13.1. The first kappa shape index (κ1) is 30.8. The number of amides is 1. The highest BCUT2D eigenvalue weighted by Crippen LogP contribution is 2.44. The van der Waals surface area contributed by atoms with Crippen molar-refractivity contribution in [3.05, 3.63) is 34.5 Å². The molecule has 0 spiro atoms. The highest BCUT2D eigenvalue weighted by atomic mass is 35.5. The molecule has 3 heterocycles. The molecule has 2 aromatic rings. The summed E-state index contributed by atoms with van der Waals surface area (Å²) < 4.78 is 46.6. The van der Waals surface area contributed by atoms with Gasteiger partial charge in [-0.25, -0.2) is 9.97 Å². The lowest BCUT2D eigenvalue weighted by Crippen LogP contribution is -2.51. The van der Waals surface area contributed by atoms with Crippen molar-refractivity contribution in [3.63, 3.8) is 0 Å². The van der Waals surface area contributed by atoms with E-state index in [1.165, 1.54) is 0 Å². The van der Waals surface area contributed by atoms with Gasteiger partial charge in [0.1, 0.15) is 11.4 Å². The quantitative estimate of drug-likeness (QED) is 0.363. The number of aromatic nitrogens is 2. The smallest absolute Gasteiger partial charge is 0.290 e. The molecule has 1 aliphatic carbocycles. The van der Waals surface area contributed by atoms with E-state index >= 15 is 0 Å². The Balaban J connectivity index is 1.19. The molecule has 5 rings (SSSR count). The molecule has 1 N–H and O–H groups in total. The molecule has 2 aliphatic heterocycles. The number of alkyl halides is 2. The van der Waals surface area contributed by atoms with Crippen LogP contribution >= 0.6 is 11.6 Å². The number of fused-ring (bicyclic) bond motifs is 1. The van der Waals surface area contributed by atoms with Gasteiger partial charge in [0.2, 0.25) is 5.95 Å². The summed E-state index contributed by atoms with van der Waals surface area (Å²) in [6.07, 6.45) is 0.445. The Morgan fingerprint density at radius 3 is 2.62 bits per heavy atom. The van der Waals surface area contributed by atoms with Gasteiger partial charge in [0.25, 0.3) is 11.8 Å². The highest BCUT2D eigenvalue weighted by molar-refractivity contribution is 6.32. The number of piperazine rings is 1. The normalized spacial score (nSPS) is 21.9. The van der Waals surface area contributed by atoms with Crippen LogP contribution in [0.5, 0.6) is 5.75 Å². The molecule has 12 heteroatoms. The molecule has 42 heavy (non-hydrogen) atoms. The van der Waals surface area contributed by atoms with Crippen molar-refractivity contribution in [3.8, 4) is 17.0 Å². The van der Waals surface area contributed by atoms with Crippen molar-refractivity contribution in [1.29, 1.82) is 0 Å². The van der Waals surface area contributed by atoms with Crippen molar-refractivity contribution in [1.82, 2.24) is 19.8 Å². The summed E-state index contributed by atoms with van der Waals surface area (Å²) in [6, 6.07) is 5.02. The molecule has 1 aromatic heterocycles. The fourth-order valence-electron chi connectivity index (χ4n) is 5.22. The van der Waals surface area contributed by atoms with Gasteiger partial charge in [-0.05, 0) is 57.7 Å². The number of carbonyl (C=O) groups excluding carboxylic acids is 1. The average molecular weight is 608 g/mol. The zero-order valence-electron chi connectivity index (χ0n) is 24.9. The van der Waals surface area contributed by atoms with E-state index in [-0.39, 0.29) is 60.1 Å². The Hall–Kier alpha value is -2.60. The monoisotopic (exact) mass is 607 g/mol. The zero-order chi connectivity index (χ0) is 30.2. The minimum Gasteiger partial charge on any atom is -0.482 e. The van der Waals surface area contributed by atoms with Crippen LogP contribution in [0.1, 0.15) is 58.7 Å². The van der Waals surface area contributed by atoms with Crippen molar-refractivity contribution >= 4 is 23.5 Å². The van der Waals surface area contributed by atoms with Crippen LogP contribution in [0.2, 0.25) is 5.02 Å². The molecule has 1 aromatic carbocycles. The van der Waals surface area contributed by atoms with Crippen LogP contribution in [0.25, 0.3) is 11.3 Å². The van der Waals surface area contributed by atoms with Crippen molar-refractivity contribution in [2.45, 2.75) is 77.9 Å².